The summed E-state index contributed by atoms with van der Waals surface area (Å²) in [6.45, 7) is 2.78. The van der Waals surface area contributed by atoms with E-state index < -0.39 is 0 Å². The third kappa shape index (κ3) is 3.77. The van der Waals surface area contributed by atoms with E-state index >= 15 is 0 Å². The lowest BCUT2D eigenvalue weighted by Crippen LogP contribution is -2.33. The van der Waals surface area contributed by atoms with Gasteiger partial charge in [-0.25, -0.2) is 9.97 Å². The summed E-state index contributed by atoms with van der Waals surface area (Å²) >= 11 is 5.83. The van der Waals surface area contributed by atoms with E-state index in [-0.39, 0.29) is 12.4 Å². The lowest BCUT2D eigenvalue weighted by atomic mass is 10.0. The predicted molar refractivity (Wildman–Crippen MR) is 65.4 cm³/mol. The Hall–Kier alpha value is -0.580. The van der Waals surface area contributed by atoms with Crippen molar-refractivity contribution >= 4 is 24.0 Å². The Morgan fingerprint density at radius 3 is 2.94 bits per heavy atom. The molecular formula is C10H15Cl2N3O. The van der Waals surface area contributed by atoms with Crippen LogP contribution in [0.5, 0.6) is 5.88 Å². The number of hydrogen-bond acceptors (Lipinski definition) is 4. The van der Waals surface area contributed by atoms with Crippen LogP contribution in [0.25, 0.3) is 0 Å². The molecule has 1 fully saturated rings. The van der Waals surface area contributed by atoms with Crippen molar-refractivity contribution in [2.75, 3.05) is 19.7 Å². The summed E-state index contributed by atoms with van der Waals surface area (Å²) < 4.78 is 5.53. The zero-order valence-corrected chi connectivity index (χ0v) is 10.4. The monoisotopic (exact) mass is 263 g/mol. The van der Waals surface area contributed by atoms with Gasteiger partial charge in [0.2, 0.25) is 0 Å². The lowest BCUT2D eigenvalue weighted by molar-refractivity contribution is 0.211. The van der Waals surface area contributed by atoms with Crippen molar-refractivity contribution in [1.82, 2.24) is 15.3 Å². The number of hydrogen-bond donors (Lipinski definition) is 1. The first-order chi connectivity index (χ1) is 7.36. The van der Waals surface area contributed by atoms with Crippen LogP contribution in [0, 0.1) is 5.92 Å². The minimum absolute atomic E-state index is 0. The first-order valence-corrected chi connectivity index (χ1v) is 5.54. The van der Waals surface area contributed by atoms with Gasteiger partial charge in [-0.1, -0.05) is 11.6 Å². The Balaban J connectivity index is 0.00000128. The van der Waals surface area contributed by atoms with Crippen LogP contribution in [0.4, 0.5) is 0 Å². The molecule has 1 aromatic heterocycles. The average Bonchev–Trinajstić information content (AvgIpc) is 2.29. The number of nitrogens with zero attached hydrogens (tertiary/aromatic N) is 2. The Morgan fingerprint density at radius 1 is 1.44 bits per heavy atom. The highest BCUT2D eigenvalue weighted by Gasteiger charge is 2.14. The highest BCUT2D eigenvalue weighted by Crippen LogP contribution is 2.19. The van der Waals surface area contributed by atoms with Crippen molar-refractivity contribution in [2.24, 2.45) is 5.92 Å². The molecule has 1 aliphatic rings. The largest absolute Gasteiger partial charge is 0.475 e. The number of halogens is 2. The van der Waals surface area contributed by atoms with Crippen LogP contribution < -0.4 is 10.1 Å². The zero-order valence-electron chi connectivity index (χ0n) is 8.86. The third-order valence-corrected chi connectivity index (χ3v) is 2.74. The Morgan fingerprint density at radius 2 is 2.25 bits per heavy atom. The van der Waals surface area contributed by atoms with E-state index in [0.717, 1.165) is 13.1 Å². The number of rotatable bonds is 3. The van der Waals surface area contributed by atoms with Crippen LogP contribution in [-0.2, 0) is 0 Å². The minimum atomic E-state index is 0. The van der Waals surface area contributed by atoms with Crippen LogP contribution in [0.15, 0.2) is 12.4 Å². The second-order valence-electron chi connectivity index (χ2n) is 3.68. The molecule has 1 atom stereocenters. The average molecular weight is 264 g/mol. The van der Waals surface area contributed by atoms with Crippen molar-refractivity contribution in [1.29, 1.82) is 0 Å². The maximum atomic E-state index is 5.83. The predicted octanol–water partition coefficient (Wildman–Crippen LogP) is 1.93. The topological polar surface area (TPSA) is 47.0 Å². The lowest BCUT2D eigenvalue weighted by Gasteiger charge is -2.22. The maximum Gasteiger partial charge on any atom is 0.252 e. The van der Waals surface area contributed by atoms with Crippen LogP contribution in [0.1, 0.15) is 12.8 Å². The fourth-order valence-corrected chi connectivity index (χ4v) is 1.83. The molecule has 0 saturated carbocycles. The molecule has 2 rings (SSSR count). The van der Waals surface area contributed by atoms with Gasteiger partial charge in [-0.05, 0) is 19.4 Å². The molecule has 90 valence electrons. The molecular weight excluding hydrogens is 249 g/mol. The van der Waals surface area contributed by atoms with Crippen LogP contribution >= 0.6 is 24.0 Å². The van der Waals surface area contributed by atoms with Gasteiger partial charge in [-0.2, -0.15) is 0 Å². The highest BCUT2D eigenvalue weighted by molar-refractivity contribution is 6.30. The van der Waals surface area contributed by atoms with E-state index in [4.69, 9.17) is 16.3 Å². The van der Waals surface area contributed by atoms with Crippen molar-refractivity contribution in [3.63, 3.8) is 0 Å². The number of piperidine rings is 1. The fraction of sp³-hybridized carbons (Fsp3) is 0.600. The van der Waals surface area contributed by atoms with Crippen LogP contribution in [-0.4, -0.2) is 29.7 Å². The summed E-state index contributed by atoms with van der Waals surface area (Å²) in [5.74, 6) is 0.988. The first kappa shape index (κ1) is 13.5. The molecule has 0 bridgehead atoms. The van der Waals surface area contributed by atoms with Gasteiger partial charge in [0.25, 0.3) is 5.88 Å². The van der Waals surface area contributed by atoms with Gasteiger partial charge in [0.05, 0.1) is 6.61 Å². The van der Waals surface area contributed by atoms with Crippen molar-refractivity contribution in [3.05, 3.63) is 17.5 Å². The SMILES string of the molecule is Cl.Clc1nccnc1OCC1CCCNC1. The van der Waals surface area contributed by atoms with E-state index in [1.54, 1.807) is 12.4 Å². The molecule has 1 unspecified atom stereocenters. The third-order valence-electron chi connectivity index (χ3n) is 2.48. The smallest absolute Gasteiger partial charge is 0.252 e. The molecule has 4 nitrogen and oxygen atoms in total. The van der Waals surface area contributed by atoms with Crippen molar-refractivity contribution in [3.8, 4) is 5.88 Å². The van der Waals surface area contributed by atoms with Gasteiger partial charge >= 0.3 is 0 Å². The Labute approximate surface area is 106 Å². The Bertz CT molecular complexity index is 319. The molecule has 2 heterocycles. The number of nitrogens with one attached hydrogen (secondary N) is 1. The molecule has 0 aliphatic carbocycles. The molecule has 0 amide bonds. The number of ether oxygens (including phenoxy) is 1. The van der Waals surface area contributed by atoms with Crippen LogP contribution in [0.2, 0.25) is 5.15 Å². The molecule has 0 radical (unpaired) electrons. The van der Waals surface area contributed by atoms with Gasteiger partial charge in [-0.3, -0.25) is 0 Å². The molecule has 1 aromatic rings. The molecule has 1 N–H and O–H groups in total. The second-order valence-corrected chi connectivity index (χ2v) is 4.03. The summed E-state index contributed by atoms with van der Waals surface area (Å²) in [5.41, 5.74) is 0. The van der Waals surface area contributed by atoms with E-state index in [9.17, 15) is 0 Å². The summed E-state index contributed by atoms with van der Waals surface area (Å²) in [4.78, 5) is 7.93. The van der Waals surface area contributed by atoms with E-state index in [1.165, 1.54) is 12.8 Å². The summed E-state index contributed by atoms with van der Waals surface area (Å²) in [6, 6.07) is 0. The normalized spacial score (nSPS) is 19.9. The standard InChI is InChI=1S/C10H14ClN3O.ClH/c11-9-10(14-5-4-13-9)15-7-8-2-1-3-12-6-8;/h4-5,8,12H,1-3,6-7H2;1H. The fourth-order valence-electron chi connectivity index (χ4n) is 1.67. The van der Waals surface area contributed by atoms with Crippen LogP contribution in [0.3, 0.4) is 0 Å². The molecule has 0 aromatic carbocycles. The molecule has 0 spiro atoms. The summed E-state index contributed by atoms with van der Waals surface area (Å²) in [6.07, 6.45) is 5.55. The number of aromatic nitrogens is 2. The molecule has 6 heteroatoms. The Kier molecular flexibility index (Phi) is 5.80. The van der Waals surface area contributed by atoms with Gasteiger partial charge in [0.15, 0.2) is 5.15 Å². The quantitative estimate of drug-likeness (QED) is 0.906. The molecule has 16 heavy (non-hydrogen) atoms. The van der Waals surface area contributed by atoms with E-state index in [1.807, 2.05) is 0 Å². The first-order valence-electron chi connectivity index (χ1n) is 5.16. The van der Waals surface area contributed by atoms with Gasteiger partial charge in [0, 0.05) is 24.9 Å². The zero-order chi connectivity index (χ0) is 10.5. The van der Waals surface area contributed by atoms with E-state index in [2.05, 4.69) is 15.3 Å². The maximum absolute atomic E-state index is 5.83. The second kappa shape index (κ2) is 6.89. The summed E-state index contributed by atoms with van der Waals surface area (Å²) in [5, 5.41) is 3.67. The van der Waals surface area contributed by atoms with Crippen molar-refractivity contribution < 1.29 is 4.74 Å². The van der Waals surface area contributed by atoms with Crippen molar-refractivity contribution in [2.45, 2.75) is 12.8 Å². The highest BCUT2D eigenvalue weighted by atomic mass is 35.5. The molecule has 1 saturated heterocycles. The van der Waals surface area contributed by atoms with Gasteiger partial charge in [-0.15, -0.1) is 12.4 Å². The van der Waals surface area contributed by atoms with E-state index in [0.29, 0.717) is 23.6 Å². The minimum Gasteiger partial charge on any atom is -0.475 e. The van der Waals surface area contributed by atoms with Gasteiger partial charge in [0.1, 0.15) is 0 Å². The molecule has 1 aliphatic heterocycles. The van der Waals surface area contributed by atoms with Gasteiger partial charge < -0.3 is 10.1 Å². The summed E-state index contributed by atoms with van der Waals surface area (Å²) in [7, 11) is 0.